The van der Waals surface area contributed by atoms with Crippen molar-refractivity contribution in [3.63, 3.8) is 0 Å². The summed E-state index contributed by atoms with van der Waals surface area (Å²) in [6.07, 6.45) is 9.83. The van der Waals surface area contributed by atoms with Gasteiger partial charge in [-0.25, -0.2) is 15.0 Å². The predicted molar refractivity (Wildman–Crippen MR) is 302 cm³/mol. The SMILES string of the molecule is CC1(C)c2ccccc2-c2ccc(-c3nc(-c4ccc(-c5ccccc5)c5c4C=CCC=C5)nc(-c4ccc(-c5ccc6c(c5)C(c5ccccc5)(c5ccccc5)c5ccccc5-6)c5ccccc45)n3)cc21. The van der Waals surface area contributed by atoms with Crippen molar-refractivity contribution in [3.05, 3.63) is 281 Å². The summed E-state index contributed by atoms with van der Waals surface area (Å²) in [4.78, 5) is 16.4. The number of benzene rings is 10. The summed E-state index contributed by atoms with van der Waals surface area (Å²) < 4.78 is 0. The molecule has 0 aliphatic heterocycles. The Hall–Kier alpha value is -9.05. The molecule has 0 radical (unpaired) electrons. The fourth-order valence-corrected chi connectivity index (χ4v) is 12.5. The maximum atomic E-state index is 5.50. The summed E-state index contributed by atoms with van der Waals surface area (Å²) in [7, 11) is 0. The highest BCUT2D eigenvalue weighted by Crippen LogP contribution is 2.57. The van der Waals surface area contributed by atoms with Gasteiger partial charge in [0.2, 0.25) is 0 Å². The largest absolute Gasteiger partial charge is 0.208 e. The molecule has 0 unspecified atom stereocenters. The van der Waals surface area contributed by atoms with E-state index in [1.54, 1.807) is 0 Å². The smallest absolute Gasteiger partial charge is 0.164 e. The lowest BCUT2D eigenvalue weighted by Crippen LogP contribution is -2.28. The summed E-state index contributed by atoms with van der Waals surface area (Å²) in [5, 5.41) is 2.21. The van der Waals surface area contributed by atoms with Crippen LogP contribution in [0.4, 0.5) is 0 Å². The first-order valence-corrected chi connectivity index (χ1v) is 25.4. The van der Waals surface area contributed by atoms with Crippen LogP contribution in [0, 0.1) is 0 Å². The molecule has 0 amide bonds. The molecule has 3 aliphatic rings. The van der Waals surface area contributed by atoms with E-state index in [9.17, 15) is 0 Å². The van der Waals surface area contributed by atoms with E-state index in [0.717, 1.165) is 56.1 Å². The van der Waals surface area contributed by atoms with Crippen molar-refractivity contribution < 1.29 is 0 Å². The summed E-state index contributed by atoms with van der Waals surface area (Å²) in [6, 6.07) is 82.0. The molecule has 0 spiro atoms. The van der Waals surface area contributed by atoms with Crippen LogP contribution in [-0.4, -0.2) is 15.0 Å². The van der Waals surface area contributed by atoms with Crippen LogP contribution in [0.1, 0.15) is 64.8 Å². The van der Waals surface area contributed by atoms with E-state index in [0.29, 0.717) is 17.5 Å². The van der Waals surface area contributed by atoms with Gasteiger partial charge in [0.25, 0.3) is 0 Å². The van der Waals surface area contributed by atoms with E-state index in [4.69, 9.17) is 15.0 Å². The minimum absolute atomic E-state index is 0.184. The van der Waals surface area contributed by atoms with Crippen LogP contribution in [0.25, 0.3) is 102 Å². The number of allylic oxidation sites excluding steroid dienone is 2. The molecule has 10 aromatic carbocycles. The zero-order valence-electron chi connectivity index (χ0n) is 40.7. The van der Waals surface area contributed by atoms with Crippen molar-refractivity contribution >= 4 is 22.9 Å². The molecule has 0 bridgehead atoms. The van der Waals surface area contributed by atoms with Gasteiger partial charge in [-0.2, -0.15) is 0 Å². The minimum atomic E-state index is -0.504. The fourth-order valence-electron chi connectivity index (χ4n) is 12.5. The van der Waals surface area contributed by atoms with Crippen molar-refractivity contribution in [1.29, 1.82) is 0 Å². The molecule has 11 aromatic rings. The lowest BCUT2D eigenvalue weighted by atomic mass is 9.67. The highest BCUT2D eigenvalue weighted by molar-refractivity contribution is 6.05. The topological polar surface area (TPSA) is 38.7 Å². The second-order valence-corrected chi connectivity index (χ2v) is 20.1. The van der Waals surface area contributed by atoms with E-state index in [1.807, 2.05) is 0 Å². The van der Waals surface area contributed by atoms with Crippen LogP contribution in [-0.2, 0) is 10.8 Å². The average molecular weight is 932 g/mol. The Labute approximate surface area is 426 Å². The van der Waals surface area contributed by atoms with Crippen LogP contribution in [0.2, 0.25) is 0 Å². The summed E-state index contributed by atoms with van der Waals surface area (Å²) >= 11 is 0. The summed E-state index contributed by atoms with van der Waals surface area (Å²) in [5.74, 6) is 1.92. The molecule has 344 valence electrons. The first-order chi connectivity index (χ1) is 36.0. The second-order valence-electron chi connectivity index (χ2n) is 20.1. The normalized spacial score (nSPS) is 14.2. The fraction of sp³-hybridized carbons (Fsp3) is 0.0714. The van der Waals surface area contributed by atoms with Gasteiger partial charge in [0.15, 0.2) is 17.5 Å². The van der Waals surface area contributed by atoms with Crippen LogP contribution in [0.15, 0.2) is 237 Å². The molecule has 0 fully saturated rings. The number of hydrogen-bond acceptors (Lipinski definition) is 3. The van der Waals surface area contributed by atoms with E-state index in [-0.39, 0.29) is 5.41 Å². The average Bonchev–Trinajstić information content (AvgIpc) is 3.71. The molecule has 0 saturated carbocycles. The molecule has 3 heteroatoms. The maximum Gasteiger partial charge on any atom is 0.164 e. The summed E-state index contributed by atoms with van der Waals surface area (Å²) in [5.41, 5.74) is 21.9. The van der Waals surface area contributed by atoms with Gasteiger partial charge in [-0.05, 0) is 130 Å². The third kappa shape index (κ3) is 6.62. The van der Waals surface area contributed by atoms with Crippen LogP contribution in [0.3, 0.4) is 0 Å². The van der Waals surface area contributed by atoms with E-state index in [2.05, 4.69) is 263 Å². The Kier molecular flexibility index (Phi) is 9.84. The third-order valence-electron chi connectivity index (χ3n) is 15.9. The van der Waals surface area contributed by atoms with Crippen molar-refractivity contribution in [2.75, 3.05) is 0 Å². The van der Waals surface area contributed by atoms with Gasteiger partial charge >= 0.3 is 0 Å². The number of aromatic nitrogens is 3. The molecule has 3 aliphatic carbocycles. The summed E-state index contributed by atoms with van der Waals surface area (Å²) in [6.45, 7) is 4.65. The van der Waals surface area contributed by atoms with Crippen molar-refractivity contribution in [2.24, 2.45) is 0 Å². The quantitative estimate of drug-likeness (QED) is 0.160. The van der Waals surface area contributed by atoms with Crippen LogP contribution >= 0.6 is 0 Å². The maximum absolute atomic E-state index is 5.50. The molecular formula is C70H49N3. The molecular weight excluding hydrogens is 883 g/mol. The highest BCUT2D eigenvalue weighted by atomic mass is 15.0. The van der Waals surface area contributed by atoms with Crippen LogP contribution in [0.5, 0.6) is 0 Å². The monoisotopic (exact) mass is 931 g/mol. The van der Waals surface area contributed by atoms with E-state index < -0.39 is 5.41 Å². The first-order valence-electron chi connectivity index (χ1n) is 25.4. The zero-order valence-corrected chi connectivity index (χ0v) is 40.7. The minimum Gasteiger partial charge on any atom is -0.208 e. The molecule has 0 atom stereocenters. The van der Waals surface area contributed by atoms with Crippen LogP contribution < -0.4 is 0 Å². The first kappa shape index (κ1) is 42.8. The van der Waals surface area contributed by atoms with Gasteiger partial charge in [0.1, 0.15) is 0 Å². The van der Waals surface area contributed by atoms with E-state index in [1.165, 1.54) is 66.8 Å². The second kappa shape index (κ2) is 16.8. The van der Waals surface area contributed by atoms with Gasteiger partial charge in [0, 0.05) is 22.1 Å². The molecule has 0 saturated heterocycles. The van der Waals surface area contributed by atoms with Crippen molar-refractivity contribution in [1.82, 2.24) is 15.0 Å². The number of fused-ring (bicyclic) bond motifs is 8. The van der Waals surface area contributed by atoms with Gasteiger partial charge in [0.05, 0.1) is 5.41 Å². The Morgan fingerprint density at radius 2 is 0.767 bits per heavy atom. The van der Waals surface area contributed by atoms with Gasteiger partial charge in [-0.15, -0.1) is 0 Å². The molecule has 73 heavy (non-hydrogen) atoms. The van der Waals surface area contributed by atoms with E-state index >= 15 is 0 Å². The molecule has 1 heterocycles. The lowest BCUT2D eigenvalue weighted by Gasteiger charge is -2.34. The third-order valence-corrected chi connectivity index (χ3v) is 15.9. The van der Waals surface area contributed by atoms with Gasteiger partial charge in [-0.1, -0.05) is 238 Å². The zero-order chi connectivity index (χ0) is 48.7. The Morgan fingerprint density at radius 3 is 1.47 bits per heavy atom. The number of nitrogens with zero attached hydrogens (tertiary/aromatic N) is 3. The van der Waals surface area contributed by atoms with Crippen molar-refractivity contribution in [2.45, 2.75) is 31.1 Å². The van der Waals surface area contributed by atoms with Gasteiger partial charge in [-0.3, -0.25) is 0 Å². The molecule has 14 rings (SSSR count). The number of rotatable bonds is 7. The Morgan fingerprint density at radius 1 is 0.315 bits per heavy atom. The molecule has 3 nitrogen and oxygen atoms in total. The molecule has 0 N–H and O–H groups in total. The lowest BCUT2D eigenvalue weighted by molar-refractivity contribution is 0.660. The molecule has 1 aromatic heterocycles. The standard InChI is InChI=1S/C70H49N3/c1-69(2)62-33-19-17-31-56(62)58-38-36-47(44-64(58)69)66-71-67(60-41-39-50(45-21-7-3-8-22-45)52-27-13-6-14-28-54(52)60)73-68(72-66)61-42-40-51(53-29-15-16-30-55(53)61)46-35-37-59-57-32-18-20-34-63(57)70(65(59)43-46,48-23-9-4-10-24-48)49-25-11-5-12-26-49/h3-5,7-44H,6H2,1-2H3. The van der Waals surface area contributed by atoms with Gasteiger partial charge < -0.3 is 0 Å². The number of hydrogen-bond donors (Lipinski definition) is 0. The predicted octanol–water partition coefficient (Wildman–Crippen LogP) is 17.5. The highest BCUT2D eigenvalue weighted by Gasteiger charge is 2.46. The Balaban J connectivity index is 0.970. The van der Waals surface area contributed by atoms with Crippen molar-refractivity contribution in [3.8, 4) is 78.7 Å². The Bertz CT molecular complexity index is 4030.